The zero-order chi connectivity index (χ0) is 14.7. The summed E-state index contributed by atoms with van der Waals surface area (Å²) >= 11 is 0. The van der Waals surface area contributed by atoms with Crippen LogP contribution in [0.3, 0.4) is 0 Å². The van der Waals surface area contributed by atoms with Gasteiger partial charge in [-0.05, 0) is 13.0 Å². The first kappa shape index (κ1) is 14.3. The van der Waals surface area contributed by atoms with Crippen LogP contribution in [0.1, 0.15) is 22.9 Å². The molecule has 108 valence electrons. The van der Waals surface area contributed by atoms with Crippen LogP contribution in [0.15, 0.2) is 28.9 Å². The van der Waals surface area contributed by atoms with Gasteiger partial charge in [-0.25, -0.2) is 0 Å². The van der Waals surface area contributed by atoms with E-state index in [-0.39, 0.29) is 0 Å². The Kier molecular flexibility index (Phi) is 4.20. The number of hydrogen-bond donors (Lipinski definition) is 1. The lowest BCUT2D eigenvalue weighted by molar-refractivity contribution is 0.366. The highest BCUT2D eigenvalue weighted by Gasteiger charge is 2.23. The van der Waals surface area contributed by atoms with E-state index in [1.165, 1.54) is 0 Å². The molecular formula is C15H19NO4. The first-order chi connectivity index (χ1) is 9.62. The Morgan fingerprint density at radius 1 is 1.05 bits per heavy atom. The molecule has 5 heteroatoms. The summed E-state index contributed by atoms with van der Waals surface area (Å²) in [5, 5.41) is 0. The fraction of sp³-hybridized carbons (Fsp3) is 0.333. The molecule has 0 radical (unpaired) electrons. The average Bonchev–Trinajstić information content (AvgIpc) is 2.91. The SMILES string of the molecule is COc1cc(OC)c(C(N)c2ccoc2C)c(OC)c1. The van der Waals surface area contributed by atoms with Crippen LogP contribution >= 0.6 is 0 Å². The van der Waals surface area contributed by atoms with Crippen LogP contribution in [0.25, 0.3) is 0 Å². The zero-order valence-corrected chi connectivity index (χ0v) is 12.1. The largest absolute Gasteiger partial charge is 0.496 e. The van der Waals surface area contributed by atoms with Crippen molar-refractivity contribution >= 4 is 0 Å². The van der Waals surface area contributed by atoms with Gasteiger partial charge in [0.05, 0.1) is 39.2 Å². The van der Waals surface area contributed by atoms with Crippen molar-refractivity contribution in [3.63, 3.8) is 0 Å². The van der Waals surface area contributed by atoms with Gasteiger partial charge in [0.15, 0.2) is 0 Å². The molecule has 0 saturated carbocycles. The molecule has 0 aliphatic rings. The molecule has 0 spiro atoms. The van der Waals surface area contributed by atoms with Crippen LogP contribution in [-0.4, -0.2) is 21.3 Å². The summed E-state index contributed by atoms with van der Waals surface area (Å²) in [7, 11) is 4.77. The maximum atomic E-state index is 6.35. The van der Waals surface area contributed by atoms with Gasteiger partial charge in [-0.3, -0.25) is 0 Å². The Morgan fingerprint density at radius 3 is 2.05 bits per heavy atom. The maximum absolute atomic E-state index is 6.35. The number of benzene rings is 1. The molecule has 2 N–H and O–H groups in total. The summed E-state index contributed by atoms with van der Waals surface area (Å²) in [5.41, 5.74) is 8.00. The van der Waals surface area contributed by atoms with E-state index < -0.39 is 6.04 Å². The number of methoxy groups -OCH3 is 3. The van der Waals surface area contributed by atoms with Gasteiger partial charge in [0, 0.05) is 17.7 Å². The van der Waals surface area contributed by atoms with E-state index in [2.05, 4.69) is 0 Å². The van der Waals surface area contributed by atoms with Crippen LogP contribution < -0.4 is 19.9 Å². The summed E-state index contributed by atoms with van der Waals surface area (Å²) in [6, 6.07) is 5.02. The van der Waals surface area contributed by atoms with Gasteiger partial charge in [-0.1, -0.05) is 0 Å². The van der Waals surface area contributed by atoms with Gasteiger partial charge in [-0.2, -0.15) is 0 Å². The molecule has 0 amide bonds. The monoisotopic (exact) mass is 277 g/mol. The minimum Gasteiger partial charge on any atom is -0.496 e. The quantitative estimate of drug-likeness (QED) is 0.910. The van der Waals surface area contributed by atoms with Crippen molar-refractivity contribution in [1.29, 1.82) is 0 Å². The minimum absolute atomic E-state index is 0.399. The van der Waals surface area contributed by atoms with Crippen molar-refractivity contribution in [3.05, 3.63) is 41.3 Å². The second-order valence-electron chi connectivity index (χ2n) is 4.36. The number of hydrogen-bond acceptors (Lipinski definition) is 5. The highest BCUT2D eigenvalue weighted by molar-refractivity contribution is 5.54. The Morgan fingerprint density at radius 2 is 1.65 bits per heavy atom. The molecule has 0 aliphatic carbocycles. The zero-order valence-electron chi connectivity index (χ0n) is 12.1. The second kappa shape index (κ2) is 5.88. The summed E-state index contributed by atoms with van der Waals surface area (Å²) in [6.07, 6.45) is 1.62. The molecule has 1 heterocycles. The maximum Gasteiger partial charge on any atom is 0.131 e. The molecule has 1 aromatic heterocycles. The molecule has 0 bridgehead atoms. The van der Waals surface area contributed by atoms with Crippen molar-refractivity contribution in [3.8, 4) is 17.2 Å². The first-order valence-electron chi connectivity index (χ1n) is 6.21. The summed E-state index contributed by atoms with van der Waals surface area (Å²) in [6.45, 7) is 1.87. The van der Waals surface area contributed by atoms with Crippen molar-refractivity contribution in [2.24, 2.45) is 5.73 Å². The van der Waals surface area contributed by atoms with E-state index >= 15 is 0 Å². The number of aryl methyl sites for hydroxylation is 1. The lowest BCUT2D eigenvalue weighted by atomic mass is 9.98. The van der Waals surface area contributed by atoms with Crippen molar-refractivity contribution < 1.29 is 18.6 Å². The lowest BCUT2D eigenvalue weighted by Crippen LogP contribution is -2.15. The predicted molar refractivity (Wildman–Crippen MR) is 75.6 cm³/mol. The smallest absolute Gasteiger partial charge is 0.131 e. The van der Waals surface area contributed by atoms with Gasteiger partial charge in [0.1, 0.15) is 23.0 Å². The third kappa shape index (κ3) is 2.44. The molecule has 1 unspecified atom stereocenters. The first-order valence-corrected chi connectivity index (χ1v) is 6.21. The van der Waals surface area contributed by atoms with E-state index in [9.17, 15) is 0 Å². The molecule has 0 saturated heterocycles. The summed E-state index contributed by atoms with van der Waals surface area (Å²) < 4.78 is 21.4. The van der Waals surface area contributed by atoms with Gasteiger partial charge in [0.2, 0.25) is 0 Å². The van der Waals surface area contributed by atoms with Gasteiger partial charge < -0.3 is 24.4 Å². The number of ether oxygens (including phenoxy) is 3. The Balaban J connectivity index is 2.57. The summed E-state index contributed by atoms with van der Waals surface area (Å²) in [5.74, 6) is 2.67. The molecule has 1 atom stereocenters. The van der Waals surface area contributed by atoms with E-state index in [1.807, 2.05) is 13.0 Å². The topological polar surface area (TPSA) is 66.9 Å². The fourth-order valence-corrected chi connectivity index (χ4v) is 2.21. The van der Waals surface area contributed by atoms with Crippen LogP contribution in [0.5, 0.6) is 17.2 Å². The van der Waals surface area contributed by atoms with Crippen LogP contribution in [0.2, 0.25) is 0 Å². The fourth-order valence-electron chi connectivity index (χ4n) is 2.21. The molecule has 5 nitrogen and oxygen atoms in total. The molecular weight excluding hydrogens is 258 g/mol. The van der Waals surface area contributed by atoms with Gasteiger partial charge in [0.25, 0.3) is 0 Å². The standard InChI is InChI=1S/C15H19NO4/c1-9-11(5-6-20-9)15(16)14-12(18-3)7-10(17-2)8-13(14)19-4/h5-8,15H,16H2,1-4H3. The van der Waals surface area contributed by atoms with Crippen molar-refractivity contribution in [2.75, 3.05) is 21.3 Å². The van der Waals surface area contributed by atoms with E-state index in [0.29, 0.717) is 17.2 Å². The number of furan rings is 1. The van der Waals surface area contributed by atoms with Crippen LogP contribution in [-0.2, 0) is 0 Å². The molecule has 20 heavy (non-hydrogen) atoms. The molecule has 2 rings (SSSR count). The van der Waals surface area contributed by atoms with Crippen molar-refractivity contribution in [1.82, 2.24) is 0 Å². The van der Waals surface area contributed by atoms with E-state index in [4.69, 9.17) is 24.4 Å². The van der Waals surface area contributed by atoms with E-state index in [1.54, 1.807) is 39.7 Å². The molecule has 0 fully saturated rings. The summed E-state index contributed by atoms with van der Waals surface area (Å²) in [4.78, 5) is 0. The van der Waals surface area contributed by atoms with Gasteiger partial charge >= 0.3 is 0 Å². The van der Waals surface area contributed by atoms with Crippen molar-refractivity contribution in [2.45, 2.75) is 13.0 Å². The van der Waals surface area contributed by atoms with E-state index in [0.717, 1.165) is 16.9 Å². The lowest BCUT2D eigenvalue weighted by Gasteiger charge is -2.19. The Labute approximate surface area is 118 Å². The third-order valence-corrected chi connectivity index (χ3v) is 3.30. The third-order valence-electron chi connectivity index (χ3n) is 3.30. The van der Waals surface area contributed by atoms with Gasteiger partial charge in [-0.15, -0.1) is 0 Å². The van der Waals surface area contributed by atoms with Crippen LogP contribution in [0, 0.1) is 6.92 Å². The Bertz CT molecular complexity index is 566. The second-order valence-corrected chi connectivity index (χ2v) is 4.36. The number of nitrogens with two attached hydrogens (primary N) is 1. The minimum atomic E-state index is -0.399. The normalized spacial score (nSPS) is 12.1. The number of rotatable bonds is 5. The predicted octanol–water partition coefficient (Wildman–Crippen LogP) is 2.66. The molecule has 1 aromatic carbocycles. The molecule has 2 aromatic rings. The molecule has 0 aliphatic heterocycles. The average molecular weight is 277 g/mol. The highest BCUT2D eigenvalue weighted by atomic mass is 16.5. The van der Waals surface area contributed by atoms with Crippen LogP contribution in [0.4, 0.5) is 0 Å². The Hall–Kier alpha value is -2.14. The highest BCUT2D eigenvalue weighted by Crippen LogP contribution is 2.40.